The van der Waals surface area contributed by atoms with Crippen LogP contribution in [-0.4, -0.2) is 17.2 Å². The number of hydrogen-bond donors (Lipinski definition) is 1. The van der Waals surface area contributed by atoms with Gasteiger partial charge in [-0.2, -0.15) is 0 Å². The van der Waals surface area contributed by atoms with Gasteiger partial charge in [0.25, 0.3) is 0 Å². The van der Waals surface area contributed by atoms with Crippen LogP contribution in [0.25, 0.3) is 10.9 Å². The Labute approximate surface area is 125 Å². The van der Waals surface area contributed by atoms with E-state index in [1.54, 1.807) is 0 Å². The molecule has 2 heterocycles. The van der Waals surface area contributed by atoms with Crippen molar-refractivity contribution in [2.24, 2.45) is 11.7 Å². The summed E-state index contributed by atoms with van der Waals surface area (Å²) in [5.74, 6) is 0.518. The molecule has 1 aliphatic carbocycles. The molecule has 0 bridgehead atoms. The highest BCUT2D eigenvalue weighted by Gasteiger charge is 2.44. The normalized spacial score (nSPS) is 25.7. The van der Waals surface area contributed by atoms with E-state index in [1.807, 2.05) is 12.3 Å². The van der Waals surface area contributed by atoms with Gasteiger partial charge in [0.05, 0.1) is 11.1 Å². The molecular formula is C18H22N2O. The second kappa shape index (κ2) is 5.08. The maximum atomic E-state index is 6.65. The number of ether oxygens (including phenoxy) is 1. The SMILES string of the molecule is NC(c1cccc2ncccc12)C1CCOC2(CCC2)C1. The number of rotatable bonds is 2. The van der Waals surface area contributed by atoms with Crippen LogP contribution in [-0.2, 0) is 4.74 Å². The van der Waals surface area contributed by atoms with E-state index in [0.29, 0.717) is 5.92 Å². The molecule has 1 saturated carbocycles. The van der Waals surface area contributed by atoms with Gasteiger partial charge in [-0.1, -0.05) is 18.2 Å². The minimum atomic E-state index is 0.0827. The molecule has 1 spiro atoms. The van der Waals surface area contributed by atoms with E-state index < -0.39 is 0 Å². The van der Waals surface area contributed by atoms with Gasteiger partial charge < -0.3 is 10.5 Å². The predicted molar refractivity (Wildman–Crippen MR) is 83.9 cm³/mol. The van der Waals surface area contributed by atoms with E-state index in [2.05, 4.69) is 29.2 Å². The predicted octanol–water partition coefficient (Wildman–Crippen LogP) is 3.58. The Hall–Kier alpha value is -1.45. The highest BCUT2D eigenvalue weighted by atomic mass is 16.5. The van der Waals surface area contributed by atoms with Crippen molar-refractivity contribution in [2.75, 3.05) is 6.61 Å². The van der Waals surface area contributed by atoms with E-state index in [4.69, 9.17) is 10.5 Å². The van der Waals surface area contributed by atoms with E-state index in [9.17, 15) is 0 Å². The smallest absolute Gasteiger partial charge is 0.0705 e. The summed E-state index contributed by atoms with van der Waals surface area (Å²) in [6.07, 6.45) is 7.76. The zero-order valence-corrected chi connectivity index (χ0v) is 12.3. The summed E-state index contributed by atoms with van der Waals surface area (Å²) in [4.78, 5) is 4.45. The number of pyridine rings is 1. The molecule has 3 heteroatoms. The first-order chi connectivity index (χ1) is 10.3. The summed E-state index contributed by atoms with van der Waals surface area (Å²) >= 11 is 0. The van der Waals surface area contributed by atoms with Gasteiger partial charge in [0.15, 0.2) is 0 Å². The zero-order valence-electron chi connectivity index (χ0n) is 12.3. The van der Waals surface area contributed by atoms with Gasteiger partial charge >= 0.3 is 0 Å². The van der Waals surface area contributed by atoms with Crippen molar-refractivity contribution in [1.29, 1.82) is 0 Å². The van der Waals surface area contributed by atoms with Crippen LogP contribution in [0.1, 0.15) is 43.7 Å². The molecule has 4 rings (SSSR count). The van der Waals surface area contributed by atoms with E-state index in [-0.39, 0.29) is 11.6 Å². The minimum Gasteiger partial charge on any atom is -0.375 e. The lowest BCUT2D eigenvalue weighted by molar-refractivity contribution is -0.146. The summed E-state index contributed by atoms with van der Waals surface area (Å²) in [6.45, 7) is 0.862. The molecule has 2 N–H and O–H groups in total. The van der Waals surface area contributed by atoms with E-state index in [1.165, 1.54) is 30.2 Å². The molecule has 0 radical (unpaired) electrons. The van der Waals surface area contributed by atoms with Crippen LogP contribution in [0.5, 0.6) is 0 Å². The highest BCUT2D eigenvalue weighted by Crippen LogP contribution is 2.47. The maximum Gasteiger partial charge on any atom is 0.0705 e. The Morgan fingerprint density at radius 2 is 2.14 bits per heavy atom. The molecule has 2 atom stereocenters. The number of hydrogen-bond acceptors (Lipinski definition) is 3. The molecule has 2 aliphatic rings. The van der Waals surface area contributed by atoms with Gasteiger partial charge in [-0.15, -0.1) is 0 Å². The standard InChI is InChI=1S/C18H22N2O/c19-17(13-7-11-21-18(12-13)8-3-9-18)15-4-1-6-16-14(15)5-2-10-20-16/h1-2,4-6,10,13,17H,3,7-9,11-12,19H2. The van der Waals surface area contributed by atoms with Crippen molar-refractivity contribution in [3.63, 3.8) is 0 Å². The van der Waals surface area contributed by atoms with Crippen LogP contribution in [0.3, 0.4) is 0 Å². The summed E-state index contributed by atoms with van der Waals surface area (Å²) in [5.41, 5.74) is 9.08. The topological polar surface area (TPSA) is 48.1 Å². The molecule has 2 aromatic rings. The lowest BCUT2D eigenvalue weighted by atomic mass is 9.69. The Balaban J connectivity index is 1.65. The van der Waals surface area contributed by atoms with Gasteiger partial charge in [-0.3, -0.25) is 4.98 Å². The molecule has 1 aromatic carbocycles. The molecule has 2 unspecified atom stereocenters. The fraction of sp³-hybridized carbons (Fsp3) is 0.500. The third-order valence-corrected chi connectivity index (χ3v) is 5.34. The number of nitrogens with zero attached hydrogens (tertiary/aromatic N) is 1. The fourth-order valence-corrected chi connectivity index (χ4v) is 3.96. The first-order valence-electron chi connectivity index (χ1n) is 8.01. The summed E-state index contributed by atoms with van der Waals surface area (Å²) in [5, 5.41) is 1.20. The Kier molecular flexibility index (Phi) is 3.20. The van der Waals surface area contributed by atoms with Gasteiger partial charge in [0.2, 0.25) is 0 Å². The molecule has 21 heavy (non-hydrogen) atoms. The summed E-state index contributed by atoms with van der Waals surface area (Å²) < 4.78 is 6.04. The van der Waals surface area contributed by atoms with E-state index >= 15 is 0 Å². The molecule has 1 aliphatic heterocycles. The highest BCUT2D eigenvalue weighted by molar-refractivity contribution is 5.82. The lowest BCUT2D eigenvalue weighted by Crippen LogP contribution is -2.47. The first-order valence-corrected chi connectivity index (χ1v) is 8.01. The monoisotopic (exact) mass is 282 g/mol. The number of benzene rings is 1. The van der Waals surface area contributed by atoms with Crippen molar-refractivity contribution in [3.8, 4) is 0 Å². The molecule has 1 aromatic heterocycles. The van der Waals surface area contributed by atoms with Crippen molar-refractivity contribution >= 4 is 10.9 Å². The number of nitrogens with two attached hydrogens (primary N) is 1. The molecule has 1 saturated heterocycles. The van der Waals surface area contributed by atoms with Crippen molar-refractivity contribution in [1.82, 2.24) is 4.98 Å². The maximum absolute atomic E-state index is 6.65. The van der Waals surface area contributed by atoms with Crippen molar-refractivity contribution in [3.05, 3.63) is 42.1 Å². The van der Waals surface area contributed by atoms with Crippen LogP contribution in [0.4, 0.5) is 0 Å². The molecule has 110 valence electrons. The second-order valence-corrected chi connectivity index (χ2v) is 6.58. The third-order valence-electron chi connectivity index (χ3n) is 5.34. The summed E-state index contributed by atoms with van der Waals surface area (Å²) in [6, 6.07) is 10.5. The van der Waals surface area contributed by atoms with Crippen LogP contribution in [0, 0.1) is 5.92 Å². The quantitative estimate of drug-likeness (QED) is 0.915. The fourth-order valence-electron chi connectivity index (χ4n) is 3.96. The molecule has 2 fully saturated rings. The Morgan fingerprint density at radius 1 is 1.24 bits per heavy atom. The molecular weight excluding hydrogens is 260 g/mol. The first kappa shape index (κ1) is 13.2. The van der Waals surface area contributed by atoms with Crippen LogP contribution >= 0.6 is 0 Å². The average Bonchev–Trinajstić information content (AvgIpc) is 2.52. The van der Waals surface area contributed by atoms with Crippen molar-refractivity contribution < 1.29 is 4.74 Å². The van der Waals surface area contributed by atoms with Gasteiger partial charge in [0, 0.05) is 24.2 Å². The van der Waals surface area contributed by atoms with Crippen LogP contribution in [0.15, 0.2) is 36.5 Å². The number of aromatic nitrogens is 1. The Morgan fingerprint density at radius 3 is 2.95 bits per heavy atom. The average molecular weight is 282 g/mol. The third kappa shape index (κ3) is 2.25. The lowest BCUT2D eigenvalue weighted by Gasteiger charge is -2.48. The summed E-state index contributed by atoms with van der Waals surface area (Å²) in [7, 11) is 0. The van der Waals surface area contributed by atoms with Crippen LogP contribution in [0.2, 0.25) is 0 Å². The van der Waals surface area contributed by atoms with Crippen LogP contribution < -0.4 is 5.73 Å². The molecule has 3 nitrogen and oxygen atoms in total. The minimum absolute atomic E-state index is 0.0827. The zero-order chi connectivity index (χ0) is 14.3. The molecule has 0 amide bonds. The second-order valence-electron chi connectivity index (χ2n) is 6.58. The van der Waals surface area contributed by atoms with Gasteiger partial charge in [-0.05, 0) is 55.7 Å². The number of fused-ring (bicyclic) bond motifs is 1. The Bertz CT molecular complexity index is 645. The van der Waals surface area contributed by atoms with E-state index in [0.717, 1.165) is 25.0 Å². The van der Waals surface area contributed by atoms with Crippen molar-refractivity contribution in [2.45, 2.75) is 43.7 Å². The van der Waals surface area contributed by atoms with Gasteiger partial charge in [-0.25, -0.2) is 0 Å². The largest absolute Gasteiger partial charge is 0.375 e. The van der Waals surface area contributed by atoms with Gasteiger partial charge in [0.1, 0.15) is 0 Å².